The molecule has 0 bridgehead atoms. The first-order valence-corrected chi connectivity index (χ1v) is 11.6. The highest BCUT2D eigenvalue weighted by Crippen LogP contribution is 2.39. The molecule has 4 aromatic heterocycles. The van der Waals surface area contributed by atoms with Gasteiger partial charge in [-0.3, -0.25) is 8.80 Å². The summed E-state index contributed by atoms with van der Waals surface area (Å²) in [6, 6.07) is 14.7. The number of pyridine rings is 2. The molecule has 0 amide bonds. The van der Waals surface area contributed by atoms with Crippen molar-refractivity contribution in [1.82, 2.24) is 18.8 Å². The number of rotatable bonds is 2. The molecule has 4 heterocycles. The maximum Gasteiger partial charge on any atom is 0.157 e. The average molecular weight is 470 g/mol. The van der Waals surface area contributed by atoms with E-state index in [-0.39, 0.29) is 11.6 Å². The van der Waals surface area contributed by atoms with Gasteiger partial charge in [-0.25, -0.2) is 18.7 Å². The van der Waals surface area contributed by atoms with Crippen molar-refractivity contribution >= 4 is 44.5 Å². The number of nitrogens with zero attached hydrogens (tertiary/aromatic N) is 5. The monoisotopic (exact) mass is 469 g/mol. The summed E-state index contributed by atoms with van der Waals surface area (Å²) in [4.78, 5) is 12.1. The molecule has 6 aromatic rings. The van der Waals surface area contributed by atoms with Crippen LogP contribution in [0, 0.1) is 25.5 Å². The van der Waals surface area contributed by atoms with E-state index < -0.39 is 5.54 Å². The number of hydrogen-bond donors (Lipinski definition) is 0. The number of benzene rings is 2. The van der Waals surface area contributed by atoms with E-state index in [0.717, 1.165) is 22.2 Å². The molecular weight excluding hydrogens is 444 g/mol. The Morgan fingerprint density at radius 2 is 1.03 bits per heavy atom. The molecular formula is C28H25F2N5. The standard InChI is InChI=1S/C28H25F2N5/c1-16-24(31-26-20-12-8-6-10-18(20)22(29)14-33(16)26)35(28(3,4)5)25-17(2)34-15-23(30)19-11-7-9-13-21(19)27(34)32-25/h6-15H,1-5H3. The third-order valence-electron chi connectivity index (χ3n) is 6.68. The van der Waals surface area contributed by atoms with Crippen LogP contribution in [0.15, 0.2) is 60.9 Å². The fourth-order valence-electron chi connectivity index (χ4n) is 5.00. The minimum atomic E-state index is -0.423. The fourth-order valence-corrected chi connectivity index (χ4v) is 5.00. The largest absolute Gasteiger partial charge is 0.303 e. The van der Waals surface area contributed by atoms with Crippen LogP contribution in [0.1, 0.15) is 32.2 Å². The average Bonchev–Trinajstić information content (AvgIpc) is 3.31. The summed E-state index contributed by atoms with van der Waals surface area (Å²) < 4.78 is 33.5. The molecule has 0 radical (unpaired) electrons. The Balaban J connectivity index is 1.68. The summed E-state index contributed by atoms with van der Waals surface area (Å²) in [5.74, 6) is 0.774. The molecule has 0 fully saturated rings. The van der Waals surface area contributed by atoms with Crippen LogP contribution in [0.2, 0.25) is 0 Å². The van der Waals surface area contributed by atoms with Crippen molar-refractivity contribution in [3.63, 3.8) is 0 Å². The van der Waals surface area contributed by atoms with Gasteiger partial charge in [0.05, 0.1) is 11.4 Å². The number of anilines is 2. The number of imidazole rings is 2. The second kappa shape index (κ2) is 7.25. The molecule has 35 heavy (non-hydrogen) atoms. The van der Waals surface area contributed by atoms with E-state index in [4.69, 9.17) is 9.97 Å². The summed E-state index contributed by atoms with van der Waals surface area (Å²) in [6.45, 7) is 10.1. The third kappa shape index (κ3) is 3.04. The Labute approximate surface area is 201 Å². The normalized spacial score (nSPS) is 12.4. The van der Waals surface area contributed by atoms with E-state index in [1.165, 1.54) is 12.4 Å². The van der Waals surface area contributed by atoms with Crippen molar-refractivity contribution in [2.45, 2.75) is 40.2 Å². The molecule has 0 aliphatic carbocycles. The Bertz CT molecular complexity index is 1660. The first-order chi connectivity index (χ1) is 16.7. The minimum Gasteiger partial charge on any atom is -0.303 e. The van der Waals surface area contributed by atoms with Crippen LogP contribution in [0.25, 0.3) is 32.8 Å². The van der Waals surface area contributed by atoms with Gasteiger partial charge in [0.15, 0.2) is 11.6 Å². The summed E-state index contributed by atoms with van der Waals surface area (Å²) >= 11 is 0. The lowest BCUT2D eigenvalue weighted by molar-refractivity contribution is 0.550. The Hall–Kier alpha value is -4.00. The number of hydrogen-bond acceptors (Lipinski definition) is 3. The molecule has 0 spiro atoms. The van der Waals surface area contributed by atoms with Crippen molar-refractivity contribution in [3.8, 4) is 0 Å². The van der Waals surface area contributed by atoms with Gasteiger partial charge in [0.25, 0.3) is 0 Å². The van der Waals surface area contributed by atoms with Crippen LogP contribution in [0.3, 0.4) is 0 Å². The maximum absolute atomic E-state index is 14.9. The van der Waals surface area contributed by atoms with Crippen molar-refractivity contribution < 1.29 is 8.78 Å². The van der Waals surface area contributed by atoms with Crippen LogP contribution < -0.4 is 4.90 Å². The Kier molecular flexibility index (Phi) is 4.46. The predicted molar refractivity (Wildman–Crippen MR) is 137 cm³/mol. The molecule has 0 aliphatic rings. The SMILES string of the molecule is Cc1c(N(c2nc3c4ccccc4c(F)cn3c2C)C(C)(C)C)nc2c3ccccc3c(F)cn12. The highest BCUT2D eigenvalue weighted by Gasteiger charge is 2.32. The van der Waals surface area contributed by atoms with Gasteiger partial charge in [0, 0.05) is 39.5 Å². The van der Waals surface area contributed by atoms with Crippen molar-refractivity contribution in [1.29, 1.82) is 0 Å². The first-order valence-electron chi connectivity index (χ1n) is 11.6. The summed E-state index contributed by atoms with van der Waals surface area (Å²) in [5, 5.41) is 2.56. The van der Waals surface area contributed by atoms with Gasteiger partial charge in [0.1, 0.15) is 22.9 Å². The highest BCUT2D eigenvalue weighted by molar-refractivity contribution is 5.97. The number of halogens is 2. The summed E-state index contributed by atoms with van der Waals surface area (Å²) in [7, 11) is 0. The van der Waals surface area contributed by atoms with E-state index in [9.17, 15) is 8.78 Å². The van der Waals surface area contributed by atoms with E-state index >= 15 is 0 Å². The Morgan fingerprint density at radius 3 is 1.40 bits per heavy atom. The highest BCUT2D eigenvalue weighted by atomic mass is 19.1. The van der Waals surface area contributed by atoms with E-state index in [2.05, 4.69) is 25.7 Å². The zero-order valence-electron chi connectivity index (χ0n) is 20.3. The molecule has 0 N–H and O–H groups in total. The van der Waals surface area contributed by atoms with Crippen molar-refractivity contribution in [2.24, 2.45) is 0 Å². The fraction of sp³-hybridized carbons (Fsp3) is 0.214. The number of aromatic nitrogens is 4. The first kappa shape index (κ1) is 21.5. The molecule has 2 aromatic carbocycles. The third-order valence-corrected chi connectivity index (χ3v) is 6.68. The van der Waals surface area contributed by atoms with Crippen LogP contribution >= 0.6 is 0 Å². The van der Waals surface area contributed by atoms with Gasteiger partial charge in [-0.15, -0.1) is 0 Å². The molecule has 6 rings (SSSR count). The van der Waals surface area contributed by atoms with E-state index in [1.807, 2.05) is 50.2 Å². The van der Waals surface area contributed by atoms with Gasteiger partial charge >= 0.3 is 0 Å². The van der Waals surface area contributed by atoms with Gasteiger partial charge < -0.3 is 4.90 Å². The van der Waals surface area contributed by atoms with Crippen LogP contribution in [-0.2, 0) is 0 Å². The molecule has 0 aliphatic heterocycles. The smallest absolute Gasteiger partial charge is 0.157 e. The molecule has 0 saturated heterocycles. The molecule has 0 saturated carbocycles. The number of fused-ring (bicyclic) bond motifs is 6. The van der Waals surface area contributed by atoms with Gasteiger partial charge in [0.2, 0.25) is 0 Å². The lowest BCUT2D eigenvalue weighted by Gasteiger charge is -2.35. The van der Waals surface area contributed by atoms with Crippen LogP contribution in [0.4, 0.5) is 20.4 Å². The van der Waals surface area contributed by atoms with Crippen molar-refractivity contribution in [2.75, 3.05) is 4.90 Å². The zero-order valence-corrected chi connectivity index (χ0v) is 20.3. The maximum atomic E-state index is 14.9. The van der Waals surface area contributed by atoms with Crippen molar-refractivity contribution in [3.05, 3.63) is 83.9 Å². The van der Waals surface area contributed by atoms with Crippen LogP contribution in [0.5, 0.6) is 0 Å². The number of aryl methyl sites for hydroxylation is 2. The second-order valence-electron chi connectivity index (χ2n) is 9.98. The topological polar surface area (TPSA) is 37.8 Å². The van der Waals surface area contributed by atoms with Gasteiger partial charge in [-0.05, 0) is 34.6 Å². The molecule has 5 nitrogen and oxygen atoms in total. The molecule has 0 atom stereocenters. The lowest BCUT2D eigenvalue weighted by Crippen LogP contribution is -2.39. The predicted octanol–water partition coefficient (Wildman–Crippen LogP) is 7.12. The Morgan fingerprint density at radius 1 is 0.657 bits per heavy atom. The quantitative estimate of drug-likeness (QED) is 0.271. The lowest BCUT2D eigenvalue weighted by atomic mass is 10.1. The minimum absolute atomic E-state index is 0.298. The zero-order chi connectivity index (χ0) is 24.6. The second-order valence-corrected chi connectivity index (χ2v) is 9.98. The summed E-state index contributed by atoms with van der Waals surface area (Å²) in [6.07, 6.45) is 2.98. The van der Waals surface area contributed by atoms with Crippen LogP contribution in [-0.4, -0.2) is 24.3 Å². The van der Waals surface area contributed by atoms with E-state index in [0.29, 0.717) is 33.7 Å². The van der Waals surface area contributed by atoms with E-state index in [1.54, 1.807) is 20.9 Å². The molecule has 176 valence electrons. The van der Waals surface area contributed by atoms with Gasteiger partial charge in [-0.2, -0.15) is 0 Å². The molecule has 0 unspecified atom stereocenters. The van der Waals surface area contributed by atoms with Gasteiger partial charge in [-0.1, -0.05) is 48.5 Å². The summed E-state index contributed by atoms with van der Waals surface area (Å²) in [5.41, 5.74) is 2.54. The molecule has 7 heteroatoms.